The molecule has 4 rings (SSSR count). The van der Waals surface area contributed by atoms with Crippen molar-refractivity contribution in [3.63, 3.8) is 0 Å². The number of nitrogens with zero attached hydrogens (tertiary/aromatic N) is 2. The molecular formula is C24H18N3Na3O14S4. The molecule has 0 aromatic heterocycles. The molecule has 0 spiro atoms. The number of hydrogen-bond donors (Lipinski definition) is 2. The maximum absolute atomic E-state index is 13.3. The van der Waals surface area contributed by atoms with E-state index in [2.05, 4.69) is 43.7 Å². The van der Waals surface area contributed by atoms with Crippen molar-refractivity contribution in [2.45, 2.75) is 21.6 Å². The molecule has 0 aliphatic carbocycles. The predicted octanol–water partition coefficient (Wildman–Crippen LogP) is -5.88. The Hall–Kier alpha value is -0.130. The Morgan fingerprint density at radius 1 is 0.854 bits per heavy atom. The number of hydrogen-bond acceptors (Lipinski definition) is 19. The van der Waals surface area contributed by atoms with Crippen LogP contribution in [0.1, 0.15) is 6.92 Å². The van der Waals surface area contributed by atoms with Crippen molar-refractivity contribution in [3.05, 3.63) is 54.6 Å². The van der Waals surface area contributed by atoms with E-state index in [1.54, 1.807) is 18.2 Å². The van der Waals surface area contributed by atoms with E-state index in [0.717, 1.165) is 0 Å². The van der Waals surface area contributed by atoms with Crippen molar-refractivity contribution in [3.8, 4) is 5.75 Å². The molecule has 0 aliphatic rings. The van der Waals surface area contributed by atoms with Gasteiger partial charge in [0, 0.05) is 28.3 Å². The topological polar surface area (TPSA) is 242 Å². The quantitative estimate of drug-likeness (QED) is 0.0269. The Kier molecular flexibility index (Phi) is 21.7. The summed E-state index contributed by atoms with van der Waals surface area (Å²) in [6.07, 6.45) is 0. The molecule has 0 saturated carbocycles. The molecule has 17 nitrogen and oxygen atoms in total. The van der Waals surface area contributed by atoms with Crippen LogP contribution in [-0.4, -0.2) is 31.8 Å². The van der Waals surface area contributed by atoms with Gasteiger partial charge < -0.3 is 26.2 Å². The molecule has 0 saturated heterocycles. The number of nitrogens with one attached hydrogen (secondary N) is 1. The molecule has 48 heavy (non-hydrogen) atoms. The number of fused-ring (bicyclic) bond motifs is 2. The number of aromatic hydroxyl groups is 1. The second kappa shape index (κ2) is 22.7. The molecule has 4 aromatic carbocycles. The van der Waals surface area contributed by atoms with Crippen molar-refractivity contribution in [2.24, 2.45) is 10.2 Å². The second-order valence-corrected chi connectivity index (χ2v) is 12.6. The molecule has 0 atom stereocenters. The van der Waals surface area contributed by atoms with Gasteiger partial charge in [0.1, 0.15) is 5.69 Å². The number of anilines is 1. The van der Waals surface area contributed by atoms with Gasteiger partial charge in [-0.05, 0) is 59.3 Å². The Bertz CT molecular complexity index is 1830. The van der Waals surface area contributed by atoms with Gasteiger partial charge >= 0.3 is 88.7 Å². The van der Waals surface area contributed by atoms with Crippen molar-refractivity contribution in [2.75, 3.05) is 17.7 Å². The number of amides is 1. The maximum atomic E-state index is 13.3. The number of sulfone groups is 1. The SMILES string of the molecule is CC(=O)Nc1ccc2c(O)c(N=Nc3ccc4cc(SOO[O-])cc(S(=O)(=O)CCOSOO[O-])c4c3)c(SOO[O-])cc2c1.[Na+].[Na+].[Na+]. The van der Waals surface area contributed by atoms with E-state index in [-0.39, 0.29) is 144 Å². The average Bonchev–Trinajstić information content (AvgIpc) is 3.01. The zero-order valence-electron chi connectivity index (χ0n) is 25.4. The molecule has 0 fully saturated rings. The summed E-state index contributed by atoms with van der Waals surface area (Å²) < 4.78 is 44.1. The number of phenolic OH excluding ortho intramolecular Hbond substituents is 1. The molecule has 0 aliphatic heterocycles. The van der Waals surface area contributed by atoms with E-state index >= 15 is 0 Å². The molecule has 2 N–H and O–H groups in total. The summed E-state index contributed by atoms with van der Waals surface area (Å²) in [6, 6.07) is 13.4. The van der Waals surface area contributed by atoms with Gasteiger partial charge in [0.2, 0.25) is 5.91 Å². The molecular weight excluding hydrogens is 752 g/mol. The zero-order chi connectivity index (χ0) is 32.4. The van der Waals surface area contributed by atoms with E-state index in [1.165, 1.54) is 43.3 Å². The molecule has 0 heterocycles. The zero-order valence-corrected chi connectivity index (χ0v) is 34.7. The van der Waals surface area contributed by atoms with E-state index in [1.807, 2.05) is 0 Å². The van der Waals surface area contributed by atoms with Crippen LogP contribution in [0.2, 0.25) is 0 Å². The van der Waals surface area contributed by atoms with Gasteiger partial charge in [0.15, 0.2) is 27.9 Å². The fourth-order valence-corrected chi connectivity index (χ4v) is 6.65. The third-order valence-corrected chi connectivity index (χ3v) is 8.95. The predicted molar refractivity (Wildman–Crippen MR) is 152 cm³/mol. The van der Waals surface area contributed by atoms with Gasteiger partial charge in [-0.3, -0.25) is 24.1 Å². The molecule has 0 bridgehead atoms. The summed E-state index contributed by atoms with van der Waals surface area (Å²) in [4.78, 5) is 11.6. The molecule has 4 aromatic rings. The number of carbonyl (C=O) groups excluding carboxylic acids is 1. The average molecular weight is 770 g/mol. The molecule has 0 unspecified atom stereocenters. The fraction of sp³-hybridized carbons (Fsp3) is 0.125. The summed E-state index contributed by atoms with van der Waals surface area (Å²) in [7, 11) is -4.07. The van der Waals surface area contributed by atoms with Crippen LogP contribution in [0.4, 0.5) is 17.1 Å². The monoisotopic (exact) mass is 769 g/mol. The Labute approximate surface area is 351 Å². The Morgan fingerprint density at radius 3 is 2.25 bits per heavy atom. The van der Waals surface area contributed by atoms with Crippen molar-refractivity contribution < 1.29 is 155 Å². The van der Waals surface area contributed by atoms with Crippen LogP contribution in [-0.2, 0) is 46.9 Å². The minimum absolute atomic E-state index is 0. The Morgan fingerprint density at radius 2 is 1.56 bits per heavy atom. The minimum atomic E-state index is -4.07. The second-order valence-electron chi connectivity index (χ2n) is 8.50. The maximum Gasteiger partial charge on any atom is 1.00 e. The number of phenols is 1. The molecule has 24 heteroatoms. The number of benzene rings is 4. The summed E-state index contributed by atoms with van der Waals surface area (Å²) in [6.45, 7) is 0.948. The van der Waals surface area contributed by atoms with Crippen LogP contribution in [0.5, 0.6) is 5.75 Å². The summed E-state index contributed by atoms with van der Waals surface area (Å²) in [5.74, 6) is -1.19. The first-order chi connectivity index (χ1) is 21.7. The van der Waals surface area contributed by atoms with Gasteiger partial charge in [0.05, 0.1) is 51.9 Å². The number of carbonyl (C=O) groups is 1. The van der Waals surface area contributed by atoms with E-state index in [0.29, 0.717) is 45.9 Å². The summed E-state index contributed by atoms with van der Waals surface area (Å²) in [5, 5.41) is 64.0. The van der Waals surface area contributed by atoms with Gasteiger partial charge in [-0.15, -0.1) is 9.45 Å². The van der Waals surface area contributed by atoms with Gasteiger partial charge in [0.25, 0.3) is 0 Å². The standard InChI is InChI=1S/C24H21N3O14S4.3Na/c1-13(28)25-16-4-5-19-15(8-16)10-21(43-40-37-31)23(24(19)29)27-26-17-3-2-14-9-18(42-39-36-30)12-22(20(14)11-17)45(33,34)7-6-35-44-41-38-32;;;/h2-5,8-12,29-32H,6-7H2,1H3,(H,25,28);;;/q;3*+1/p-3. The largest absolute Gasteiger partial charge is 1.00 e. The van der Waals surface area contributed by atoms with Crippen LogP contribution >= 0.6 is 36.4 Å². The first-order valence-electron chi connectivity index (χ1n) is 12.0. The number of azo groups is 1. The van der Waals surface area contributed by atoms with Gasteiger partial charge in [-0.2, -0.15) is 13.8 Å². The third kappa shape index (κ3) is 12.8. The van der Waals surface area contributed by atoms with Crippen LogP contribution in [0.3, 0.4) is 0 Å². The van der Waals surface area contributed by atoms with Crippen molar-refractivity contribution in [1.29, 1.82) is 0 Å². The van der Waals surface area contributed by atoms with Crippen LogP contribution < -0.4 is 110 Å². The third-order valence-electron chi connectivity index (χ3n) is 5.69. The van der Waals surface area contributed by atoms with Crippen LogP contribution in [0, 0.1) is 0 Å². The molecule has 0 radical (unpaired) electrons. The first-order valence-corrected chi connectivity index (χ1v) is 15.8. The normalized spacial score (nSPS) is 11.2. The molecule has 1 amide bonds. The van der Waals surface area contributed by atoms with E-state index in [4.69, 9.17) is 4.18 Å². The van der Waals surface area contributed by atoms with E-state index in [9.17, 15) is 34.1 Å². The van der Waals surface area contributed by atoms with E-state index < -0.39 is 22.2 Å². The van der Waals surface area contributed by atoms with Gasteiger partial charge in [-0.1, -0.05) is 6.07 Å². The fourth-order valence-electron chi connectivity index (χ4n) is 3.98. The Balaban J connectivity index is 0.00000384. The van der Waals surface area contributed by atoms with Gasteiger partial charge in [-0.25, -0.2) is 8.42 Å². The minimum Gasteiger partial charge on any atom is -0.691 e. The van der Waals surface area contributed by atoms with Crippen molar-refractivity contribution >= 4 is 90.8 Å². The summed E-state index contributed by atoms with van der Waals surface area (Å²) >= 11 is 1.08. The molecule has 240 valence electrons. The number of rotatable bonds is 16. The smallest absolute Gasteiger partial charge is 0.691 e. The van der Waals surface area contributed by atoms with Crippen LogP contribution in [0.25, 0.3) is 21.5 Å². The van der Waals surface area contributed by atoms with Crippen LogP contribution in [0.15, 0.2) is 79.5 Å². The first kappa shape index (κ1) is 45.9. The van der Waals surface area contributed by atoms with Crippen molar-refractivity contribution in [1.82, 2.24) is 0 Å². The summed E-state index contributed by atoms with van der Waals surface area (Å²) in [5.41, 5.74) is 0.500.